The monoisotopic (exact) mass is 332 g/mol. The third-order valence-electron chi connectivity index (χ3n) is 3.10. The van der Waals surface area contributed by atoms with Crippen LogP contribution in [-0.2, 0) is 0 Å². The number of anilines is 2. The summed E-state index contributed by atoms with van der Waals surface area (Å²) in [6.07, 6.45) is 0. The molecular formula is C14H9BrN2O3. The molecule has 0 unspecified atom stereocenters. The van der Waals surface area contributed by atoms with Crippen LogP contribution in [0.2, 0.25) is 0 Å². The zero-order chi connectivity index (χ0) is 14.4. The van der Waals surface area contributed by atoms with Crippen LogP contribution < -0.4 is 10.6 Å². The summed E-state index contributed by atoms with van der Waals surface area (Å²) >= 11 is 3.27. The molecule has 0 aromatic heterocycles. The summed E-state index contributed by atoms with van der Waals surface area (Å²) in [5.41, 5.74) is 6.88. The van der Waals surface area contributed by atoms with Gasteiger partial charge in [0, 0.05) is 10.5 Å². The van der Waals surface area contributed by atoms with Gasteiger partial charge in [-0.3, -0.25) is 9.59 Å². The zero-order valence-electron chi connectivity index (χ0n) is 10.1. The first-order valence-corrected chi connectivity index (χ1v) is 6.55. The minimum Gasteiger partial charge on any atom is -0.508 e. The van der Waals surface area contributed by atoms with Crippen LogP contribution in [0.15, 0.2) is 40.9 Å². The smallest absolute Gasteiger partial charge is 0.266 e. The number of imide groups is 1. The summed E-state index contributed by atoms with van der Waals surface area (Å²) in [6.45, 7) is 0. The van der Waals surface area contributed by atoms with Crippen molar-refractivity contribution in [1.82, 2.24) is 0 Å². The van der Waals surface area contributed by atoms with Gasteiger partial charge in [0.05, 0.1) is 22.5 Å². The number of hydrogen-bond acceptors (Lipinski definition) is 4. The second-order valence-corrected chi connectivity index (χ2v) is 5.29. The maximum Gasteiger partial charge on any atom is 0.266 e. The van der Waals surface area contributed by atoms with Gasteiger partial charge in [-0.2, -0.15) is 0 Å². The third-order valence-corrected chi connectivity index (χ3v) is 3.59. The average molecular weight is 333 g/mol. The van der Waals surface area contributed by atoms with Crippen molar-refractivity contribution in [3.05, 3.63) is 52.0 Å². The molecule has 6 heteroatoms. The van der Waals surface area contributed by atoms with Gasteiger partial charge in [-0.1, -0.05) is 15.9 Å². The van der Waals surface area contributed by atoms with Crippen LogP contribution in [0.3, 0.4) is 0 Å². The molecule has 100 valence electrons. The van der Waals surface area contributed by atoms with Gasteiger partial charge >= 0.3 is 0 Å². The first-order valence-electron chi connectivity index (χ1n) is 5.76. The van der Waals surface area contributed by atoms with E-state index in [9.17, 15) is 14.7 Å². The molecule has 3 N–H and O–H groups in total. The predicted octanol–water partition coefficient (Wildman–Crippen LogP) is 2.54. The Morgan fingerprint density at radius 2 is 1.70 bits per heavy atom. The molecule has 0 radical (unpaired) electrons. The van der Waals surface area contributed by atoms with E-state index in [2.05, 4.69) is 15.9 Å². The van der Waals surface area contributed by atoms with Crippen LogP contribution in [0.1, 0.15) is 20.7 Å². The predicted molar refractivity (Wildman–Crippen MR) is 77.8 cm³/mol. The standard InChI is InChI=1S/C14H9BrN2O3/c15-7-1-3-9-10(5-7)14(20)17(13(9)19)12-4-2-8(18)6-11(12)16/h1-6,18H,16H2. The fraction of sp³-hybridized carbons (Fsp3) is 0. The van der Waals surface area contributed by atoms with Crippen LogP contribution in [0, 0.1) is 0 Å². The molecule has 2 amide bonds. The summed E-state index contributed by atoms with van der Waals surface area (Å²) in [7, 11) is 0. The summed E-state index contributed by atoms with van der Waals surface area (Å²) in [4.78, 5) is 25.7. The summed E-state index contributed by atoms with van der Waals surface area (Å²) < 4.78 is 0.720. The third kappa shape index (κ3) is 1.77. The van der Waals surface area contributed by atoms with Crippen molar-refractivity contribution in [2.75, 3.05) is 10.6 Å². The zero-order valence-corrected chi connectivity index (χ0v) is 11.7. The van der Waals surface area contributed by atoms with Crippen LogP contribution in [0.25, 0.3) is 0 Å². The van der Waals surface area contributed by atoms with E-state index >= 15 is 0 Å². The molecule has 0 spiro atoms. The topological polar surface area (TPSA) is 83.6 Å². The van der Waals surface area contributed by atoms with Gasteiger partial charge in [0.15, 0.2) is 0 Å². The molecule has 2 aromatic rings. The number of nitrogen functional groups attached to an aromatic ring is 1. The van der Waals surface area contributed by atoms with Crippen molar-refractivity contribution in [1.29, 1.82) is 0 Å². The summed E-state index contributed by atoms with van der Waals surface area (Å²) in [6, 6.07) is 9.03. The lowest BCUT2D eigenvalue weighted by atomic mass is 10.1. The van der Waals surface area contributed by atoms with Gasteiger partial charge in [-0.15, -0.1) is 0 Å². The highest BCUT2D eigenvalue weighted by Crippen LogP contribution is 2.34. The number of halogens is 1. The molecule has 20 heavy (non-hydrogen) atoms. The lowest BCUT2D eigenvalue weighted by Crippen LogP contribution is -2.30. The average Bonchev–Trinajstić information content (AvgIpc) is 2.63. The molecule has 0 aliphatic carbocycles. The molecule has 0 saturated carbocycles. The number of phenolic OH excluding ortho intramolecular Hbond substituents is 1. The van der Waals surface area contributed by atoms with Crippen molar-refractivity contribution in [3.8, 4) is 5.75 Å². The number of aromatic hydroxyl groups is 1. The van der Waals surface area contributed by atoms with Crippen molar-refractivity contribution < 1.29 is 14.7 Å². The largest absolute Gasteiger partial charge is 0.508 e. The lowest BCUT2D eigenvalue weighted by Gasteiger charge is -2.16. The fourth-order valence-corrected chi connectivity index (χ4v) is 2.54. The number of amides is 2. The first-order chi connectivity index (χ1) is 9.49. The van der Waals surface area contributed by atoms with E-state index in [-0.39, 0.29) is 17.1 Å². The number of carbonyl (C=O) groups excluding carboxylic acids is 2. The fourth-order valence-electron chi connectivity index (χ4n) is 2.18. The SMILES string of the molecule is Nc1cc(O)ccc1N1C(=O)c2ccc(Br)cc2C1=O. The van der Waals surface area contributed by atoms with Gasteiger partial charge in [-0.25, -0.2) is 4.90 Å². The van der Waals surface area contributed by atoms with Crippen LogP contribution in [0.5, 0.6) is 5.75 Å². The number of rotatable bonds is 1. The number of hydrogen-bond donors (Lipinski definition) is 2. The van der Waals surface area contributed by atoms with Crippen molar-refractivity contribution in [2.45, 2.75) is 0 Å². The van der Waals surface area contributed by atoms with E-state index in [1.165, 1.54) is 18.2 Å². The number of phenols is 1. The van der Waals surface area contributed by atoms with Crippen LogP contribution >= 0.6 is 15.9 Å². The second-order valence-electron chi connectivity index (χ2n) is 4.38. The number of nitrogens with zero attached hydrogens (tertiary/aromatic N) is 1. The highest BCUT2D eigenvalue weighted by atomic mass is 79.9. The molecule has 5 nitrogen and oxygen atoms in total. The van der Waals surface area contributed by atoms with E-state index < -0.39 is 11.8 Å². The molecule has 0 saturated heterocycles. The number of benzene rings is 2. The van der Waals surface area contributed by atoms with E-state index in [0.717, 1.165) is 9.37 Å². The Morgan fingerprint density at radius 3 is 2.40 bits per heavy atom. The normalized spacial score (nSPS) is 13.8. The Morgan fingerprint density at radius 1 is 1.00 bits per heavy atom. The van der Waals surface area contributed by atoms with Gasteiger partial charge < -0.3 is 10.8 Å². The number of fused-ring (bicyclic) bond motifs is 1. The minimum absolute atomic E-state index is 0.0226. The van der Waals surface area contributed by atoms with Crippen molar-refractivity contribution in [3.63, 3.8) is 0 Å². The van der Waals surface area contributed by atoms with Crippen molar-refractivity contribution in [2.24, 2.45) is 0 Å². The molecule has 1 aliphatic heterocycles. The van der Waals surface area contributed by atoms with E-state index in [4.69, 9.17) is 5.73 Å². The Bertz CT molecular complexity index is 758. The summed E-state index contributed by atoms with van der Waals surface area (Å²) in [5, 5.41) is 9.35. The van der Waals surface area contributed by atoms with E-state index in [1.54, 1.807) is 18.2 Å². The van der Waals surface area contributed by atoms with Gasteiger partial charge in [0.25, 0.3) is 11.8 Å². The molecule has 3 rings (SSSR count). The van der Waals surface area contributed by atoms with Gasteiger partial charge in [0.1, 0.15) is 5.75 Å². The Labute approximate surface area is 122 Å². The Balaban J connectivity index is 2.14. The first kappa shape index (κ1) is 12.7. The number of carbonyl (C=O) groups is 2. The van der Waals surface area contributed by atoms with Crippen LogP contribution in [0.4, 0.5) is 11.4 Å². The lowest BCUT2D eigenvalue weighted by molar-refractivity contribution is 0.0926. The van der Waals surface area contributed by atoms with E-state index in [0.29, 0.717) is 11.1 Å². The molecule has 2 aromatic carbocycles. The summed E-state index contributed by atoms with van der Waals surface area (Å²) in [5.74, 6) is -0.871. The molecule has 0 fully saturated rings. The quantitative estimate of drug-likeness (QED) is 0.620. The maximum absolute atomic E-state index is 12.4. The van der Waals surface area contributed by atoms with Gasteiger partial charge in [0.2, 0.25) is 0 Å². The van der Waals surface area contributed by atoms with Gasteiger partial charge in [-0.05, 0) is 30.3 Å². The Kier molecular flexibility index (Phi) is 2.76. The Hall–Kier alpha value is -2.34. The minimum atomic E-state index is -0.427. The second kappa shape index (κ2) is 4.35. The van der Waals surface area contributed by atoms with E-state index in [1.807, 2.05) is 0 Å². The highest BCUT2D eigenvalue weighted by molar-refractivity contribution is 9.10. The highest BCUT2D eigenvalue weighted by Gasteiger charge is 2.37. The molecule has 0 bridgehead atoms. The molecule has 0 atom stereocenters. The van der Waals surface area contributed by atoms with Crippen LogP contribution in [-0.4, -0.2) is 16.9 Å². The molecule has 1 aliphatic rings. The number of nitrogens with two attached hydrogens (primary N) is 1. The molecule has 1 heterocycles. The maximum atomic E-state index is 12.4. The molecular weight excluding hydrogens is 324 g/mol. The van der Waals surface area contributed by atoms with Crippen molar-refractivity contribution >= 4 is 39.1 Å².